The van der Waals surface area contributed by atoms with Crippen molar-refractivity contribution in [3.05, 3.63) is 0 Å². The van der Waals surface area contributed by atoms with Crippen molar-refractivity contribution in [3.63, 3.8) is 0 Å². The summed E-state index contributed by atoms with van der Waals surface area (Å²) in [7, 11) is -3.07. The van der Waals surface area contributed by atoms with E-state index in [1.165, 1.54) is 0 Å². The van der Waals surface area contributed by atoms with Gasteiger partial charge in [-0.3, -0.25) is 0 Å². The quantitative estimate of drug-likeness (QED) is 0.746. The first-order valence-corrected chi connectivity index (χ1v) is 7.01. The average Bonchev–Trinajstić information content (AvgIpc) is 2.00. The summed E-state index contributed by atoms with van der Waals surface area (Å²) >= 11 is 0. The van der Waals surface area contributed by atoms with E-state index in [9.17, 15) is 8.42 Å². The predicted molar refractivity (Wildman–Crippen MR) is 60.1 cm³/mol. The number of rotatable bonds is 3. The Morgan fingerprint density at radius 2 is 1.87 bits per heavy atom. The van der Waals surface area contributed by atoms with Crippen LogP contribution in [-0.2, 0) is 9.84 Å². The van der Waals surface area contributed by atoms with E-state index in [0.717, 1.165) is 19.3 Å². The zero-order chi connectivity index (χ0) is 11.7. The lowest BCUT2D eigenvalue weighted by Gasteiger charge is -2.35. The normalized spacial score (nSPS) is 20.4. The van der Waals surface area contributed by atoms with Gasteiger partial charge in [-0.05, 0) is 40.0 Å². The molecule has 1 aliphatic carbocycles. The topological polar surface area (TPSA) is 57.9 Å². The van der Waals surface area contributed by atoms with Gasteiger partial charge in [0.25, 0.3) is 0 Å². The average molecular weight is 229 g/mol. The Morgan fingerprint density at radius 1 is 1.33 bits per heavy atom. The van der Waals surface area contributed by atoms with E-state index in [1.807, 2.05) is 0 Å². The molecular weight excluding hydrogens is 210 g/mol. The lowest BCUT2D eigenvalue weighted by Crippen LogP contribution is -2.35. The molecule has 1 rings (SSSR count). The molecular formula is C11H19NO2S. The molecule has 15 heavy (non-hydrogen) atoms. The van der Waals surface area contributed by atoms with Gasteiger partial charge in [0, 0.05) is 0 Å². The van der Waals surface area contributed by atoms with Gasteiger partial charge in [0.05, 0.1) is 22.0 Å². The van der Waals surface area contributed by atoms with Crippen molar-refractivity contribution in [2.24, 2.45) is 5.41 Å². The van der Waals surface area contributed by atoms with Gasteiger partial charge in [0.2, 0.25) is 0 Å². The monoisotopic (exact) mass is 229 g/mol. The Morgan fingerprint density at radius 3 is 2.13 bits per heavy atom. The second-order valence-corrected chi connectivity index (χ2v) is 8.29. The fraction of sp³-hybridized carbons (Fsp3) is 0.909. The van der Waals surface area contributed by atoms with Gasteiger partial charge in [-0.25, -0.2) is 8.42 Å². The summed E-state index contributed by atoms with van der Waals surface area (Å²) in [6, 6.07) is 2.27. The third-order valence-corrected chi connectivity index (χ3v) is 5.94. The maximum absolute atomic E-state index is 11.8. The van der Waals surface area contributed by atoms with E-state index < -0.39 is 14.6 Å². The second kappa shape index (κ2) is 3.79. The van der Waals surface area contributed by atoms with Gasteiger partial charge in [0.15, 0.2) is 9.84 Å². The zero-order valence-electron chi connectivity index (χ0n) is 9.71. The lowest BCUT2D eigenvalue weighted by molar-refractivity contribution is 0.208. The summed E-state index contributed by atoms with van der Waals surface area (Å²) in [5.41, 5.74) is -0.335. The van der Waals surface area contributed by atoms with E-state index in [1.54, 1.807) is 20.8 Å². The molecule has 0 bridgehead atoms. The van der Waals surface area contributed by atoms with Crippen LogP contribution >= 0.6 is 0 Å². The van der Waals surface area contributed by atoms with E-state index in [-0.39, 0.29) is 11.2 Å². The first kappa shape index (κ1) is 12.5. The third kappa shape index (κ3) is 2.52. The van der Waals surface area contributed by atoms with Crippen LogP contribution < -0.4 is 0 Å². The summed E-state index contributed by atoms with van der Waals surface area (Å²) in [6.07, 6.45) is 3.29. The predicted octanol–water partition coefficient (Wildman–Crippen LogP) is 2.28. The van der Waals surface area contributed by atoms with Crippen molar-refractivity contribution in [2.45, 2.75) is 51.2 Å². The fourth-order valence-corrected chi connectivity index (χ4v) is 2.93. The molecule has 0 aromatic heterocycles. The van der Waals surface area contributed by atoms with Crippen LogP contribution in [0.25, 0.3) is 0 Å². The van der Waals surface area contributed by atoms with Crippen molar-refractivity contribution in [1.82, 2.24) is 0 Å². The molecule has 3 nitrogen and oxygen atoms in total. The molecule has 0 aliphatic heterocycles. The molecule has 0 unspecified atom stereocenters. The summed E-state index contributed by atoms with van der Waals surface area (Å²) in [6.45, 7) is 5.13. The second-order valence-electron chi connectivity index (χ2n) is 5.43. The molecule has 1 aliphatic rings. The highest BCUT2D eigenvalue weighted by Crippen LogP contribution is 2.43. The zero-order valence-corrected chi connectivity index (χ0v) is 10.5. The smallest absolute Gasteiger partial charge is 0.155 e. The molecule has 0 radical (unpaired) electrons. The van der Waals surface area contributed by atoms with Crippen molar-refractivity contribution < 1.29 is 8.42 Å². The van der Waals surface area contributed by atoms with Gasteiger partial charge in [-0.15, -0.1) is 0 Å². The van der Waals surface area contributed by atoms with Crippen LogP contribution in [0.5, 0.6) is 0 Å². The molecule has 0 spiro atoms. The molecule has 4 heteroatoms. The van der Waals surface area contributed by atoms with Crippen LogP contribution in [0.2, 0.25) is 0 Å². The minimum Gasteiger partial charge on any atom is -0.228 e. The van der Waals surface area contributed by atoms with E-state index in [0.29, 0.717) is 6.42 Å². The number of hydrogen-bond acceptors (Lipinski definition) is 3. The Kier molecular flexibility index (Phi) is 3.16. The minimum absolute atomic E-state index is 0.143. The SMILES string of the molecule is CC(C)(C)S(=O)(=O)CCC1(C#N)CCC1. The molecule has 0 atom stereocenters. The maximum atomic E-state index is 11.8. The van der Waals surface area contributed by atoms with Crippen LogP contribution in [0.3, 0.4) is 0 Å². The molecule has 0 amide bonds. The lowest BCUT2D eigenvalue weighted by atomic mass is 9.68. The summed E-state index contributed by atoms with van der Waals surface area (Å²) < 4.78 is 23.0. The van der Waals surface area contributed by atoms with Gasteiger partial charge in [-0.2, -0.15) is 5.26 Å². The molecule has 0 aromatic carbocycles. The number of sulfone groups is 1. The molecule has 0 N–H and O–H groups in total. The van der Waals surface area contributed by atoms with Crippen LogP contribution in [0.1, 0.15) is 46.5 Å². The number of nitriles is 1. The van der Waals surface area contributed by atoms with Crippen LogP contribution in [0, 0.1) is 16.7 Å². The summed E-state index contributed by atoms with van der Waals surface area (Å²) in [5, 5.41) is 8.99. The Hall–Kier alpha value is -0.560. The highest BCUT2D eigenvalue weighted by Gasteiger charge is 2.39. The molecule has 1 fully saturated rings. The largest absolute Gasteiger partial charge is 0.228 e. The van der Waals surface area contributed by atoms with E-state index in [4.69, 9.17) is 5.26 Å². The van der Waals surface area contributed by atoms with Gasteiger partial charge in [-0.1, -0.05) is 6.42 Å². The molecule has 1 saturated carbocycles. The Bertz CT molecular complexity index is 366. The molecule has 86 valence electrons. The van der Waals surface area contributed by atoms with E-state index >= 15 is 0 Å². The van der Waals surface area contributed by atoms with Crippen molar-refractivity contribution in [3.8, 4) is 6.07 Å². The Balaban J connectivity index is 2.62. The summed E-state index contributed by atoms with van der Waals surface area (Å²) in [4.78, 5) is 0. The van der Waals surface area contributed by atoms with Crippen molar-refractivity contribution in [1.29, 1.82) is 5.26 Å². The number of nitrogens with zero attached hydrogens (tertiary/aromatic N) is 1. The fourth-order valence-electron chi connectivity index (χ4n) is 1.66. The first-order chi connectivity index (χ1) is 6.72. The number of hydrogen-bond donors (Lipinski definition) is 0. The van der Waals surface area contributed by atoms with Crippen LogP contribution in [0.4, 0.5) is 0 Å². The molecule has 0 heterocycles. The van der Waals surface area contributed by atoms with Gasteiger partial charge < -0.3 is 0 Å². The third-order valence-electron chi connectivity index (χ3n) is 3.33. The first-order valence-electron chi connectivity index (χ1n) is 5.36. The summed E-state index contributed by atoms with van der Waals surface area (Å²) in [5.74, 6) is 0.143. The standard InChI is InChI=1S/C11H19NO2S/c1-10(2,3)15(13,14)8-7-11(9-12)5-4-6-11/h4-8H2,1-3H3. The van der Waals surface area contributed by atoms with Crippen LogP contribution in [-0.4, -0.2) is 18.9 Å². The molecule has 0 aromatic rings. The highest BCUT2D eigenvalue weighted by atomic mass is 32.2. The maximum Gasteiger partial charge on any atom is 0.155 e. The van der Waals surface area contributed by atoms with E-state index in [2.05, 4.69) is 6.07 Å². The minimum atomic E-state index is -3.07. The van der Waals surface area contributed by atoms with Crippen molar-refractivity contribution >= 4 is 9.84 Å². The van der Waals surface area contributed by atoms with Gasteiger partial charge in [0.1, 0.15) is 0 Å². The van der Waals surface area contributed by atoms with Crippen LogP contribution in [0.15, 0.2) is 0 Å². The molecule has 0 saturated heterocycles. The van der Waals surface area contributed by atoms with Gasteiger partial charge >= 0.3 is 0 Å². The van der Waals surface area contributed by atoms with Crippen molar-refractivity contribution in [2.75, 3.05) is 5.75 Å². The Labute approximate surface area is 92.4 Å². The highest BCUT2D eigenvalue weighted by molar-refractivity contribution is 7.92.